The van der Waals surface area contributed by atoms with Crippen molar-refractivity contribution in [2.24, 2.45) is 0 Å². The van der Waals surface area contributed by atoms with Crippen molar-refractivity contribution in [3.63, 3.8) is 0 Å². The molecule has 0 unspecified atom stereocenters. The number of sulfonamides is 1. The van der Waals surface area contributed by atoms with Crippen molar-refractivity contribution in [3.8, 4) is 0 Å². The van der Waals surface area contributed by atoms with Gasteiger partial charge in [0.05, 0.1) is 10.6 Å². The van der Waals surface area contributed by atoms with Crippen LogP contribution in [0.25, 0.3) is 6.08 Å². The molecular weight excluding hydrogens is 392 g/mol. The predicted molar refractivity (Wildman–Crippen MR) is 115 cm³/mol. The fourth-order valence-corrected chi connectivity index (χ4v) is 4.74. The minimum atomic E-state index is -3.68. The largest absolute Gasteiger partial charge is 0.323 e. The average Bonchev–Trinajstić information content (AvgIpc) is 3.22. The van der Waals surface area contributed by atoms with Crippen molar-refractivity contribution < 1.29 is 13.2 Å². The van der Waals surface area contributed by atoms with Gasteiger partial charge < -0.3 is 5.32 Å². The number of nitrogens with one attached hydrogen (secondary N) is 1. The highest BCUT2D eigenvalue weighted by molar-refractivity contribution is 7.92. The van der Waals surface area contributed by atoms with Crippen molar-refractivity contribution in [2.75, 3.05) is 16.2 Å². The third-order valence-electron chi connectivity index (χ3n) is 3.98. The van der Waals surface area contributed by atoms with Gasteiger partial charge in [-0.05, 0) is 60.8 Å². The van der Waals surface area contributed by atoms with E-state index in [0.717, 1.165) is 4.88 Å². The van der Waals surface area contributed by atoms with Gasteiger partial charge in [0, 0.05) is 23.2 Å². The Labute approximate surface area is 169 Å². The number of thiophene rings is 1. The van der Waals surface area contributed by atoms with E-state index in [1.54, 1.807) is 60.7 Å². The fraction of sp³-hybridized carbons (Fsp3) is 0.0952. The van der Waals surface area contributed by atoms with Crippen molar-refractivity contribution in [1.82, 2.24) is 0 Å². The van der Waals surface area contributed by atoms with Gasteiger partial charge in [-0.1, -0.05) is 24.3 Å². The van der Waals surface area contributed by atoms with Crippen LogP contribution in [0.2, 0.25) is 0 Å². The van der Waals surface area contributed by atoms with Crippen LogP contribution in [0.15, 0.2) is 83.1 Å². The molecule has 144 valence electrons. The van der Waals surface area contributed by atoms with Crippen LogP contribution in [-0.4, -0.2) is 20.9 Å². The third kappa shape index (κ3) is 4.68. The number of nitrogens with zero attached hydrogens (tertiary/aromatic N) is 1. The number of benzene rings is 2. The predicted octanol–water partition coefficient (Wildman–Crippen LogP) is 4.62. The zero-order valence-electron chi connectivity index (χ0n) is 15.3. The Morgan fingerprint density at radius 2 is 1.75 bits per heavy atom. The van der Waals surface area contributed by atoms with E-state index >= 15 is 0 Å². The van der Waals surface area contributed by atoms with E-state index in [2.05, 4.69) is 5.32 Å². The molecule has 0 aliphatic rings. The first-order chi connectivity index (χ1) is 13.5. The molecule has 3 aromatic rings. The van der Waals surface area contributed by atoms with E-state index in [1.807, 2.05) is 23.6 Å². The molecule has 0 spiro atoms. The Hall–Kier alpha value is -2.90. The van der Waals surface area contributed by atoms with Crippen molar-refractivity contribution in [2.45, 2.75) is 11.8 Å². The normalized spacial score (nSPS) is 11.5. The van der Waals surface area contributed by atoms with E-state index in [4.69, 9.17) is 0 Å². The smallest absolute Gasteiger partial charge is 0.264 e. The molecule has 5 nitrogen and oxygen atoms in total. The van der Waals surface area contributed by atoms with Gasteiger partial charge in [-0.3, -0.25) is 9.10 Å². The Bertz CT molecular complexity index is 1040. The van der Waals surface area contributed by atoms with Crippen LogP contribution in [0.5, 0.6) is 0 Å². The van der Waals surface area contributed by atoms with Crippen molar-refractivity contribution in [3.05, 3.63) is 83.1 Å². The number of para-hydroxylation sites is 1. The lowest BCUT2D eigenvalue weighted by Gasteiger charge is -2.23. The van der Waals surface area contributed by atoms with E-state index in [9.17, 15) is 13.2 Å². The quantitative estimate of drug-likeness (QED) is 0.576. The number of hydrogen-bond acceptors (Lipinski definition) is 4. The zero-order valence-corrected chi connectivity index (χ0v) is 16.9. The molecule has 28 heavy (non-hydrogen) atoms. The van der Waals surface area contributed by atoms with E-state index < -0.39 is 10.0 Å². The first-order valence-corrected chi connectivity index (χ1v) is 11.0. The standard InChI is InChI=1S/C21H20N2O3S2/c1-2-23(18-7-4-3-5-8-18)28(25,26)20-13-10-17(11-14-20)22-21(24)15-12-19-9-6-16-27-19/h3-16H,2H2,1H3,(H,22,24). The molecule has 1 heterocycles. The highest BCUT2D eigenvalue weighted by Gasteiger charge is 2.23. The Balaban J connectivity index is 1.73. The highest BCUT2D eigenvalue weighted by atomic mass is 32.2. The number of amides is 1. The summed E-state index contributed by atoms with van der Waals surface area (Å²) in [5.41, 5.74) is 1.14. The molecule has 3 rings (SSSR count). The van der Waals surface area contributed by atoms with Gasteiger partial charge in [0.1, 0.15) is 0 Å². The minimum Gasteiger partial charge on any atom is -0.323 e. The summed E-state index contributed by atoms with van der Waals surface area (Å²) in [5.74, 6) is -0.275. The number of rotatable bonds is 7. The van der Waals surface area contributed by atoms with Gasteiger partial charge >= 0.3 is 0 Å². The molecule has 0 saturated heterocycles. The number of carbonyl (C=O) groups is 1. The molecule has 1 amide bonds. The second-order valence-corrected chi connectivity index (χ2v) is 8.71. The van der Waals surface area contributed by atoms with E-state index in [0.29, 0.717) is 17.9 Å². The third-order valence-corrected chi connectivity index (χ3v) is 6.74. The average molecular weight is 413 g/mol. The summed E-state index contributed by atoms with van der Waals surface area (Å²) in [6.07, 6.45) is 3.18. The summed E-state index contributed by atoms with van der Waals surface area (Å²) in [5, 5.41) is 4.66. The maximum absolute atomic E-state index is 13.0. The molecule has 0 saturated carbocycles. The van der Waals surface area contributed by atoms with Crippen LogP contribution in [0, 0.1) is 0 Å². The molecule has 1 aromatic heterocycles. The summed E-state index contributed by atoms with van der Waals surface area (Å²) in [6.45, 7) is 2.11. The first-order valence-electron chi connectivity index (χ1n) is 8.71. The Morgan fingerprint density at radius 3 is 2.36 bits per heavy atom. The van der Waals surface area contributed by atoms with Crippen LogP contribution in [0.4, 0.5) is 11.4 Å². The maximum atomic E-state index is 13.0. The lowest BCUT2D eigenvalue weighted by Crippen LogP contribution is -2.30. The summed E-state index contributed by atoms with van der Waals surface area (Å²) >= 11 is 1.54. The monoisotopic (exact) mass is 412 g/mol. The molecule has 0 atom stereocenters. The topological polar surface area (TPSA) is 66.5 Å². The number of carbonyl (C=O) groups excluding carboxylic acids is 1. The highest BCUT2D eigenvalue weighted by Crippen LogP contribution is 2.24. The molecule has 0 aliphatic heterocycles. The van der Waals surface area contributed by atoms with Gasteiger partial charge in [-0.15, -0.1) is 11.3 Å². The van der Waals surface area contributed by atoms with E-state index in [1.165, 1.54) is 22.5 Å². The van der Waals surface area contributed by atoms with Gasteiger partial charge in [0.15, 0.2) is 0 Å². The molecular formula is C21H20N2O3S2. The van der Waals surface area contributed by atoms with Crippen LogP contribution < -0.4 is 9.62 Å². The van der Waals surface area contributed by atoms with Crippen molar-refractivity contribution in [1.29, 1.82) is 0 Å². The maximum Gasteiger partial charge on any atom is 0.264 e. The van der Waals surface area contributed by atoms with Gasteiger partial charge in [-0.2, -0.15) is 0 Å². The van der Waals surface area contributed by atoms with Crippen molar-refractivity contribution >= 4 is 44.7 Å². The Kier molecular flexibility index (Phi) is 6.28. The second kappa shape index (κ2) is 8.86. The number of anilines is 2. The van der Waals surface area contributed by atoms with Gasteiger partial charge in [-0.25, -0.2) is 8.42 Å². The fourth-order valence-electron chi connectivity index (χ4n) is 2.65. The lowest BCUT2D eigenvalue weighted by molar-refractivity contribution is -0.111. The van der Waals surface area contributed by atoms with Gasteiger partial charge in [0.25, 0.3) is 10.0 Å². The summed E-state index contributed by atoms with van der Waals surface area (Å²) in [7, 11) is -3.68. The summed E-state index contributed by atoms with van der Waals surface area (Å²) in [4.78, 5) is 13.2. The summed E-state index contributed by atoms with van der Waals surface area (Å²) in [6, 6.07) is 19.0. The molecule has 2 aromatic carbocycles. The van der Waals surface area contributed by atoms with Gasteiger partial charge in [0.2, 0.25) is 5.91 Å². The van der Waals surface area contributed by atoms with Crippen LogP contribution in [-0.2, 0) is 14.8 Å². The Morgan fingerprint density at radius 1 is 1.04 bits per heavy atom. The SMILES string of the molecule is CCN(c1ccccc1)S(=O)(=O)c1ccc(NC(=O)C=Cc2cccs2)cc1. The molecule has 0 radical (unpaired) electrons. The molecule has 7 heteroatoms. The first kappa shape index (κ1) is 19.9. The van der Waals surface area contributed by atoms with E-state index in [-0.39, 0.29) is 10.8 Å². The van der Waals surface area contributed by atoms with Crippen LogP contribution in [0.1, 0.15) is 11.8 Å². The number of hydrogen-bond donors (Lipinski definition) is 1. The zero-order chi connectivity index (χ0) is 20.0. The molecule has 0 fully saturated rings. The minimum absolute atomic E-state index is 0.172. The molecule has 0 bridgehead atoms. The lowest BCUT2D eigenvalue weighted by atomic mass is 10.3. The molecule has 0 aliphatic carbocycles. The summed E-state index contributed by atoms with van der Waals surface area (Å²) < 4.78 is 27.3. The second-order valence-electron chi connectivity index (χ2n) is 5.87. The van der Waals surface area contributed by atoms with Crippen LogP contribution >= 0.6 is 11.3 Å². The van der Waals surface area contributed by atoms with Crippen LogP contribution in [0.3, 0.4) is 0 Å². The molecule has 1 N–H and O–H groups in total.